The zero-order valence-electron chi connectivity index (χ0n) is 25.5. The lowest BCUT2D eigenvalue weighted by Gasteiger charge is -2.43. The van der Waals surface area contributed by atoms with Crippen LogP contribution in [0, 0.1) is 29.6 Å². The van der Waals surface area contributed by atoms with Gasteiger partial charge in [0.1, 0.15) is 17.2 Å². The molecule has 7 atom stereocenters. The fourth-order valence-corrected chi connectivity index (χ4v) is 11.1. The minimum atomic E-state index is -0.405. The van der Waals surface area contributed by atoms with Crippen LogP contribution < -0.4 is 29.3 Å². The second-order valence-electron chi connectivity index (χ2n) is 12.3. The molecule has 1 aromatic heterocycles. The van der Waals surface area contributed by atoms with E-state index in [4.69, 9.17) is 14.2 Å². The quantitative estimate of drug-likeness (QED) is 0.247. The van der Waals surface area contributed by atoms with Gasteiger partial charge >= 0.3 is 4.87 Å². The van der Waals surface area contributed by atoms with E-state index in [0.717, 1.165) is 21.9 Å². The number of nitrogens with zero attached hydrogens (tertiary/aromatic N) is 1. The number of H-pyrrole nitrogens is 1. The molecule has 1 saturated heterocycles. The van der Waals surface area contributed by atoms with Crippen LogP contribution in [-0.2, 0) is 14.4 Å². The summed E-state index contributed by atoms with van der Waals surface area (Å²) in [6, 6.07) is 21.7. The highest BCUT2D eigenvalue weighted by Crippen LogP contribution is 2.68. The summed E-state index contributed by atoms with van der Waals surface area (Å²) in [5.41, 5.74) is 2.15. The zero-order chi connectivity index (χ0) is 32.4. The molecule has 2 saturated carbocycles. The van der Waals surface area contributed by atoms with E-state index in [1.165, 1.54) is 16.2 Å². The van der Waals surface area contributed by atoms with Crippen LogP contribution in [-0.4, -0.2) is 48.8 Å². The number of thioether (sulfide) groups is 1. The van der Waals surface area contributed by atoms with Gasteiger partial charge in [-0.2, -0.15) is 0 Å². The Kier molecular flexibility index (Phi) is 7.36. The van der Waals surface area contributed by atoms with Crippen molar-refractivity contribution in [3.63, 3.8) is 0 Å². The van der Waals surface area contributed by atoms with Crippen LogP contribution in [0.15, 0.2) is 82.6 Å². The van der Waals surface area contributed by atoms with E-state index in [2.05, 4.69) is 10.3 Å². The van der Waals surface area contributed by atoms with E-state index in [9.17, 15) is 19.2 Å². The second kappa shape index (κ2) is 11.6. The summed E-state index contributed by atoms with van der Waals surface area (Å²) in [5.74, 6) is 0.397. The summed E-state index contributed by atoms with van der Waals surface area (Å²) in [6.07, 6.45) is 0.795. The molecule has 0 radical (unpaired) electrons. The highest BCUT2D eigenvalue weighted by atomic mass is 32.2. The fraction of sp³-hybridized carbons (Fsp3) is 0.314. The minimum Gasteiger partial charge on any atom is -0.497 e. The number of fused-ring (bicyclic) bond motifs is 9. The largest absolute Gasteiger partial charge is 0.497 e. The molecule has 2 aliphatic carbocycles. The standard InChI is InChI=1S/C35H31N3O7S2/c1-43-20-10-6-18(7-11-20)36-25(39)16-45-22-5-3-4-17(14-22)26-27-23-15-24(30(27)46-32-31(26)47-35(42)37-32)29-28(23)33(40)38(34(29)41)19-8-12-21(44-2)13-9-19/h3-14,23-24,26-30H,15-16H2,1-2H3,(H,36,39)(H,37,42)/t23-,24-,26-,27?,28?,29?,30?/m1/s1. The number of anilines is 2. The molecule has 47 heavy (non-hydrogen) atoms. The summed E-state index contributed by atoms with van der Waals surface area (Å²) >= 11 is 2.85. The van der Waals surface area contributed by atoms with Crippen molar-refractivity contribution in [3.8, 4) is 17.2 Å². The number of hydrogen-bond donors (Lipinski definition) is 2. The van der Waals surface area contributed by atoms with E-state index in [1.807, 2.05) is 24.3 Å². The molecule has 3 heterocycles. The van der Waals surface area contributed by atoms with Crippen molar-refractivity contribution in [1.29, 1.82) is 0 Å². The van der Waals surface area contributed by atoms with Crippen molar-refractivity contribution >= 4 is 52.2 Å². The Bertz CT molecular complexity index is 1940. The molecule has 3 aromatic carbocycles. The number of carbonyl (C=O) groups is 3. The highest BCUT2D eigenvalue weighted by molar-refractivity contribution is 8.00. The van der Waals surface area contributed by atoms with Gasteiger partial charge in [0, 0.05) is 21.7 Å². The molecule has 3 amide bonds. The first-order valence-electron chi connectivity index (χ1n) is 15.4. The van der Waals surface area contributed by atoms with Crippen LogP contribution in [0.5, 0.6) is 17.2 Å². The Labute approximate surface area is 278 Å². The van der Waals surface area contributed by atoms with E-state index >= 15 is 0 Å². The maximum atomic E-state index is 14.0. The van der Waals surface area contributed by atoms with E-state index < -0.39 is 5.92 Å². The van der Waals surface area contributed by atoms with Crippen molar-refractivity contribution in [2.24, 2.45) is 29.6 Å². The smallest absolute Gasteiger partial charge is 0.305 e. The third-order valence-corrected chi connectivity index (χ3v) is 12.6. The number of aromatic nitrogens is 1. The van der Waals surface area contributed by atoms with Crippen LogP contribution in [0.3, 0.4) is 0 Å². The average molecular weight is 670 g/mol. The molecule has 3 fully saturated rings. The summed E-state index contributed by atoms with van der Waals surface area (Å²) < 4.78 is 16.4. The molecule has 10 nitrogen and oxygen atoms in total. The molecule has 12 heteroatoms. The molecule has 240 valence electrons. The van der Waals surface area contributed by atoms with Crippen LogP contribution in [0.25, 0.3) is 0 Å². The zero-order valence-corrected chi connectivity index (χ0v) is 27.1. The Morgan fingerprint density at radius 3 is 2.28 bits per heavy atom. The average Bonchev–Trinajstić information content (AvgIpc) is 3.83. The molecule has 4 unspecified atom stereocenters. The summed E-state index contributed by atoms with van der Waals surface area (Å²) in [7, 11) is 3.16. The van der Waals surface area contributed by atoms with Gasteiger partial charge in [0.05, 0.1) is 36.8 Å². The number of hydrogen-bond acceptors (Lipinski definition) is 9. The van der Waals surface area contributed by atoms with Gasteiger partial charge in [-0.25, -0.2) is 0 Å². The maximum Gasteiger partial charge on any atom is 0.305 e. The third kappa shape index (κ3) is 4.92. The molecule has 2 N–H and O–H groups in total. The number of imide groups is 1. The number of carbonyl (C=O) groups excluding carboxylic acids is 3. The van der Waals surface area contributed by atoms with Crippen LogP contribution in [0.4, 0.5) is 11.4 Å². The van der Waals surface area contributed by atoms with E-state index in [1.54, 1.807) is 74.5 Å². The highest BCUT2D eigenvalue weighted by Gasteiger charge is 2.69. The van der Waals surface area contributed by atoms with Gasteiger partial charge in [-0.1, -0.05) is 23.5 Å². The second-order valence-corrected chi connectivity index (χ2v) is 14.5. The van der Waals surface area contributed by atoms with Gasteiger partial charge in [-0.05, 0) is 90.4 Å². The van der Waals surface area contributed by atoms with Crippen LogP contribution in [0.2, 0.25) is 0 Å². The summed E-state index contributed by atoms with van der Waals surface area (Å²) in [4.78, 5) is 58.5. The normalized spacial score (nSPS) is 26.9. The first-order chi connectivity index (χ1) is 22.8. The predicted octanol–water partition coefficient (Wildman–Crippen LogP) is 5.15. The van der Waals surface area contributed by atoms with Crippen LogP contribution in [0.1, 0.15) is 22.8 Å². The van der Waals surface area contributed by atoms with Gasteiger partial charge in [0.15, 0.2) is 6.61 Å². The number of benzene rings is 3. The lowest BCUT2D eigenvalue weighted by molar-refractivity contribution is -0.123. The Morgan fingerprint density at radius 1 is 0.894 bits per heavy atom. The Hall–Kier alpha value is -4.55. The number of methoxy groups -OCH3 is 2. The first-order valence-corrected chi connectivity index (χ1v) is 17.1. The molecule has 0 spiro atoms. The molecular formula is C35H31N3O7S2. The van der Waals surface area contributed by atoms with E-state index in [-0.39, 0.29) is 64.0 Å². The Morgan fingerprint density at radius 2 is 1.57 bits per heavy atom. The number of aromatic amines is 1. The van der Waals surface area contributed by atoms with Gasteiger partial charge in [-0.3, -0.25) is 24.1 Å². The van der Waals surface area contributed by atoms with Crippen molar-refractivity contribution < 1.29 is 28.6 Å². The monoisotopic (exact) mass is 669 g/mol. The minimum absolute atomic E-state index is 0.0137. The molecule has 8 rings (SSSR count). The molecule has 2 bridgehead atoms. The van der Waals surface area contributed by atoms with Gasteiger partial charge in [0.2, 0.25) is 11.8 Å². The molecule has 4 aromatic rings. The number of ether oxygens (including phenoxy) is 3. The van der Waals surface area contributed by atoms with Crippen LogP contribution >= 0.6 is 23.1 Å². The molecule has 2 aliphatic heterocycles. The number of thiazole rings is 1. The van der Waals surface area contributed by atoms with Gasteiger partial charge < -0.3 is 24.5 Å². The maximum absolute atomic E-state index is 14.0. The van der Waals surface area contributed by atoms with Crippen molar-refractivity contribution in [2.45, 2.75) is 22.6 Å². The van der Waals surface area contributed by atoms with Crippen molar-refractivity contribution in [3.05, 3.63) is 92.9 Å². The van der Waals surface area contributed by atoms with Crippen molar-refractivity contribution in [1.82, 2.24) is 4.98 Å². The lowest BCUT2D eigenvalue weighted by atomic mass is 9.68. The lowest BCUT2D eigenvalue weighted by Crippen LogP contribution is -2.42. The summed E-state index contributed by atoms with van der Waals surface area (Å²) in [5, 5.41) is 3.73. The fourth-order valence-electron chi connectivity index (χ4n) is 8.19. The molecular weight excluding hydrogens is 639 g/mol. The van der Waals surface area contributed by atoms with Gasteiger partial charge in [0.25, 0.3) is 5.91 Å². The SMILES string of the molecule is COc1ccc(NC(=O)COc2cccc([C@H]3c4sc(=O)[nH]c4SC4C3[C@H]3C[C@@H]4C4C(=O)N(c5ccc(OC)cc5)C(=O)C43)c2)cc1. The third-order valence-electron chi connectivity index (χ3n) is 10.0. The first kappa shape index (κ1) is 29.8. The predicted molar refractivity (Wildman–Crippen MR) is 178 cm³/mol. The molecule has 4 aliphatic rings. The number of nitrogens with one attached hydrogen (secondary N) is 2. The number of amides is 3. The van der Waals surface area contributed by atoms with Crippen molar-refractivity contribution in [2.75, 3.05) is 31.0 Å². The topological polar surface area (TPSA) is 127 Å². The van der Waals surface area contributed by atoms with Gasteiger partial charge in [-0.15, -0.1) is 11.8 Å². The summed E-state index contributed by atoms with van der Waals surface area (Å²) in [6.45, 7) is -0.183. The Balaban J connectivity index is 1.06. The van der Waals surface area contributed by atoms with E-state index in [0.29, 0.717) is 28.6 Å². The number of rotatable bonds is 8.